The summed E-state index contributed by atoms with van der Waals surface area (Å²) in [6.07, 6.45) is 0.640. The van der Waals surface area contributed by atoms with Crippen LogP contribution in [0, 0.1) is 0 Å². The zero-order chi connectivity index (χ0) is 22.5. The van der Waals surface area contributed by atoms with Crippen LogP contribution in [-0.2, 0) is 4.74 Å². The molecule has 162 valence electrons. The summed E-state index contributed by atoms with van der Waals surface area (Å²) >= 11 is 0. The van der Waals surface area contributed by atoms with Crippen LogP contribution in [0.2, 0.25) is 0 Å². The van der Waals surface area contributed by atoms with Gasteiger partial charge in [0.15, 0.2) is 6.10 Å². The molecule has 4 rings (SSSR count). The average molecular weight is 427 g/mol. The summed E-state index contributed by atoms with van der Waals surface area (Å²) in [5, 5.41) is 0.804. The van der Waals surface area contributed by atoms with Gasteiger partial charge in [-0.05, 0) is 44.2 Å². The summed E-state index contributed by atoms with van der Waals surface area (Å²) in [5.41, 5.74) is 3.45. The number of Topliss-reactive ketones (excluding diaryl/α,β-unsaturated/α-hetero) is 1. The van der Waals surface area contributed by atoms with Gasteiger partial charge in [-0.2, -0.15) is 0 Å². The lowest BCUT2D eigenvalue weighted by Crippen LogP contribution is -2.22. The second-order valence-corrected chi connectivity index (χ2v) is 7.53. The minimum absolute atomic E-state index is 0.262. The second-order valence-electron chi connectivity index (χ2n) is 7.53. The van der Waals surface area contributed by atoms with Crippen LogP contribution in [0.4, 0.5) is 5.69 Å². The van der Waals surface area contributed by atoms with E-state index in [-0.39, 0.29) is 5.78 Å². The highest BCUT2D eigenvalue weighted by atomic mass is 16.5. The number of nitrogens with one attached hydrogen (secondary N) is 1. The van der Waals surface area contributed by atoms with Crippen LogP contribution in [0.15, 0.2) is 85.1 Å². The van der Waals surface area contributed by atoms with E-state index in [1.807, 2.05) is 54.6 Å². The SMILES string of the molecule is CCN(CC)c1ccc(C(=O)O[C@@H](C(=O)c2c[nH]c3ccccc23)c2ccccc2)cc1. The van der Waals surface area contributed by atoms with Gasteiger partial charge in [0.05, 0.1) is 5.56 Å². The number of ether oxygens (including phenoxy) is 1. The first-order valence-electron chi connectivity index (χ1n) is 10.8. The molecule has 1 heterocycles. The van der Waals surface area contributed by atoms with Crippen molar-refractivity contribution in [1.82, 2.24) is 4.98 Å². The summed E-state index contributed by atoms with van der Waals surface area (Å²) in [4.78, 5) is 31.8. The second kappa shape index (κ2) is 9.52. The molecule has 0 radical (unpaired) electrons. The van der Waals surface area contributed by atoms with Gasteiger partial charge in [-0.15, -0.1) is 0 Å². The van der Waals surface area contributed by atoms with Gasteiger partial charge in [0.1, 0.15) is 0 Å². The van der Waals surface area contributed by atoms with E-state index in [9.17, 15) is 9.59 Å². The van der Waals surface area contributed by atoms with Crippen LogP contribution in [0.3, 0.4) is 0 Å². The number of H-pyrrole nitrogens is 1. The quantitative estimate of drug-likeness (QED) is 0.286. The van der Waals surface area contributed by atoms with Crippen molar-refractivity contribution in [3.8, 4) is 0 Å². The summed E-state index contributed by atoms with van der Waals surface area (Å²) in [6.45, 7) is 5.95. The minimum Gasteiger partial charge on any atom is -0.445 e. The molecule has 5 heteroatoms. The van der Waals surface area contributed by atoms with Crippen LogP contribution in [0.5, 0.6) is 0 Å². The first-order valence-corrected chi connectivity index (χ1v) is 10.8. The minimum atomic E-state index is -1.04. The average Bonchev–Trinajstić information content (AvgIpc) is 3.28. The molecule has 1 aromatic heterocycles. The Kier molecular flexibility index (Phi) is 6.36. The van der Waals surface area contributed by atoms with Gasteiger partial charge in [0, 0.05) is 47.0 Å². The number of benzene rings is 3. The Hall–Kier alpha value is -3.86. The highest BCUT2D eigenvalue weighted by Crippen LogP contribution is 2.28. The van der Waals surface area contributed by atoms with Crippen LogP contribution in [0.1, 0.15) is 46.2 Å². The third kappa shape index (κ3) is 4.28. The number of hydrogen-bond acceptors (Lipinski definition) is 4. The summed E-state index contributed by atoms with van der Waals surface area (Å²) in [5.74, 6) is -0.792. The Morgan fingerprint density at radius 3 is 2.22 bits per heavy atom. The normalized spacial score (nSPS) is 11.8. The number of hydrogen-bond donors (Lipinski definition) is 1. The Morgan fingerprint density at radius 2 is 1.53 bits per heavy atom. The Bertz CT molecular complexity index is 1210. The van der Waals surface area contributed by atoms with Crippen LogP contribution in [0.25, 0.3) is 10.9 Å². The fourth-order valence-corrected chi connectivity index (χ4v) is 3.89. The number of carbonyl (C=O) groups excluding carboxylic acids is 2. The number of fused-ring (bicyclic) bond motifs is 1. The number of rotatable bonds is 8. The van der Waals surface area contributed by atoms with Crippen molar-refractivity contribution >= 4 is 28.3 Å². The zero-order valence-electron chi connectivity index (χ0n) is 18.2. The lowest BCUT2D eigenvalue weighted by atomic mass is 9.99. The molecular formula is C27H26N2O3. The maximum absolute atomic E-state index is 13.5. The van der Waals surface area contributed by atoms with E-state index in [1.165, 1.54) is 0 Å². The number of esters is 1. The van der Waals surface area contributed by atoms with E-state index in [0.29, 0.717) is 16.7 Å². The molecule has 3 aromatic carbocycles. The third-order valence-electron chi connectivity index (χ3n) is 5.65. The van der Waals surface area contributed by atoms with Crippen molar-refractivity contribution in [2.45, 2.75) is 20.0 Å². The number of anilines is 1. The number of nitrogens with zero attached hydrogens (tertiary/aromatic N) is 1. The van der Waals surface area contributed by atoms with Gasteiger partial charge in [-0.3, -0.25) is 4.79 Å². The maximum Gasteiger partial charge on any atom is 0.339 e. The van der Waals surface area contributed by atoms with Crippen molar-refractivity contribution < 1.29 is 14.3 Å². The molecule has 0 unspecified atom stereocenters. The van der Waals surface area contributed by atoms with E-state index < -0.39 is 12.1 Å². The van der Waals surface area contributed by atoms with E-state index in [0.717, 1.165) is 29.7 Å². The van der Waals surface area contributed by atoms with Crippen molar-refractivity contribution in [3.05, 3.63) is 102 Å². The van der Waals surface area contributed by atoms with Crippen LogP contribution < -0.4 is 4.90 Å². The van der Waals surface area contributed by atoms with Crippen LogP contribution in [-0.4, -0.2) is 29.8 Å². The Labute approximate surface area is 187 Å². The molecule has 0 aliphatic rings. The Balaban J connectivity index is 1.63. The van der Waals surface area contributed by atoms with Crippen molar-refractivity contribution in [3.63, 3.8) is 0 Å². The number of carbonyl (C=O) groups is 2. The molecule has 0 amide bonds. The summed E-state index contributed by atoms with van der Waals surface area (Å²) < 4.78 is 5.79. The van der Waals surface area contributed by atoms with Crippen molar-refractivity contribution in [2.24, 2.45) is 0 Å². The van der Waals surface area contributed by atoms with Gasteiger partial charge < -0.3 is 14.6 Å². The summed E-state index contributed by atoms with van der Waals surface area (Å²) in [6, 6.07) is 24.0. The number of aromatic amines is 1. The van der Waals surface area contributed by atoms with Gasteiger partial charge in [-0.1, -0.05) is 48.5 Å². The topological polar surface area (TPSA) is 62.4 Å². The fourth-order valence-electron chi connectivity index (χ4n) is 3.89. The molecule has 1 N–H and O–H groups in total. The molecular weight excluding hydrogens is 400 g/mol. The molecule has 4 aromatic rings. The van der Waals surface area contributed by atoms with E-state index >= 15 is 0 Å². The molecule has 0 aliphatic carbocycles. The lowest BCUT2D eigenvalue weighted by molar-refractivity contribution is 0.0280. The molecule has 0 spiro atoms. The van der Waals surface area contributed by atoms with Crippen molar-refractivity contribution in [2.75, 3.05) is 18.0 Å². The van der Waals surface area contributed by atoms with Gasteiger partial charge in [0.2, 0.25) is 5.78 Å². The fraction of sp³-hybridized carbons (Fsp3) is 0.185. The molecule has 0 fully saturated rings. The highest BCUT2D eigenvalue weighted by molar-refractivity contribution is 6.11. The number of aromatic nitrogens is 1. The van der Waals surface area contributed by atoms with E-state index in [4.69, 9.17) is 4.74 Å². The van der Waals surface area contributed by atoms with E-state index in [1.54, 1.807) is 30.5 Å². The molecule has 0 bridgehead atoms. The Morgan fingerprint density at radius 1 is 0.875 bits per heavy atom. The molecule has 32 heavy (non-hydrogen) atoms. The molecule has 1 atom stereocenters. The smallest absolute Gasteiger partial charge is 0.339 e. The number of ketones is 1. The first-order chi connectivity index (χ1) is 15.6. The predicted octanol–water partition coefficient (Wildman–Crippen LogP) is 5.80. The van der Waals surface area contributed by atoms with Gasteiger partial charge in [-0.25, -0.2) is 4.79 Å². The molecule has 0 saturated carbocycles. The standard InChI is InChI=1S/C27H26N2O3/c1-3-29(4-2)21-16-14-20(15-17-21)27(31)32-26(19-10-6-5-7-11-19)25(30)23-18-28-24-13-9-8-12-22(23)24/h5-18,26,28H,3-4H2,1-2H3/t26-/m1/s1. The maximum atomic E-state index is 13.5. The van der Waals surface area contributed by atoms with Crippen LogP contribution >= 0.6 is 0 Å². The van der Waals surface area contributed by atoms with E-state index in [2.05, 4.69) is 23.7 Å². The van der Waals surface area contributed by atoms with Gasteiger partial charge in [0.25, 0.3) is 0 Å². The lowest BCUT2D eigenvalue weighted by Gasteiger charge is -2.21. The number of para-hydroxylation sites is 1. The highest BCUT2D eigenvalue weighted by Gasteiger charge is 2.28. The predicted molar refractivity (Wildman–Crippen MR) is 127 cm³/mol. The molecule has 0 saturated heterocycles. The van der Waals surface area contributed by atoms with Gasteiger partial charge >= 0.3 is 5.97 Å². The zero-order valence-corrected chi connectivity index (χ0v) is 18.2. The largest absolute Gasteiger partial charge is 0.445 e. The summed E-state index contributed by atoms with van der Waals surface area (Å²) in [7, 11) is 0. The monoisotopic (exact) mass is 426 g/mol. The molecule has 5 nitrogen and oxygen atoms in total. The first kappa shape index (κ1) is 21.4. The molecule has 0 aliphatic heterocycles. The third-order valence-corrected chi connectivity index (χ3v) is 5.65. The van der Waals surface area contributed by atoms with Crippen molar-refractivity contribution in [1.29, 1.82) is 0 Å².